The standard InChI is InChI=1S/C14H13ClO/c1-10-7-8-12(15)14(9-10)16-13-6-4-3-5-11(13)2/h3-9H,1-2H3. The highest BCUT2D eigenvalue weighted by Crippen LogP contribution is 2.31. The van der Waals surface area contributed by atoms with Crippen LogP contribution >= 0.6 is 11.6 Å². The summed E-state index contributed by atoms with van der Waals surface area (Å²) in [6.07, 6.45) is 0. The molecule has 2 aromatic rings. The fourth-order valence-electron chi connectivity index (χ4n) is 1.48. The Balaban J connectivity index is 2.34. The number of hydrogen-bond donors (Lipinski definition) is 0. The van der Waals surface area contributed by atoms with Gasteiger partial charge in [-0.05, 0) is 43.2 Å². The summed E-state index contributed by atoms with van der Waals surface area (Å²) in [5, 5.41) is 0.633. The van der Waals surface area contributed by atoms with Gasteiger partial charge in [-0.3, -0.25) is 0 Å². The van der Waals surface area contributed by atoms with Crippen molar-refractivity contribution in [3.8, 4) is 11.5 Å². The summed E-state index contributed by atoms with van der Waals surface area (Å²) in [5.41, 5.74) is 2.23. The van der Waals surface area contributed by atoms with Crippen LogP contribution in [0.5, 0.6) is 11.5 Å². The number of halogens is 1. The molecule has 82 valence electrons. The van der Waals surface area contributed by atoms with Crippen molar-refractivity contribution in [3.05, 3.63) is 58.6 Å². The van der Waals surface area contributed by atoms with E-state index in [9.17, 15) is 0 Å². The van der Waals surface area contributed by atoms with Crippen LogP contribution in [0, 0.1) is 13.8 Å². The largest absolute Gasteiger partial charge is 0.456 e. The summed E-state index contributed by atoms with van der Waals surface area (Å²) < 4.78 is 5.79. The molecule has 0 aliphatic rings. The maximum atomic E-state index is 6.07. The van der Waals surface area contributed by atoms with E-state index in [2.05, 4.69) is 0 Å². The van der Waals surface area contributed by atoms with E-state index in [4.69, 9.17) is 16.3 Å². The second kappa shape index (κ2) is 4.58. The average Bonchev–Trinajstić information content (AvgIpc) is 2.27. The number of rotatable bonds is 2. The van der Waals surface area contributed by atoms with E-state index in [-0.39, 0.29) is 0 Å². The number of benzene rings is 2. The van der Waals surface area contributed by atoms with Crippen molar-refractivity contribution in [3.63, 3.8) is 0 Å². The van der Waals surface area contributed by atoms with Crippen molar-refractivity contribution in [2.45, 2.75) is 13.8 Å². The molecule has 0 N–H and O–H groups in total. The Labute approximate surface area is 101 Å². The molecule has 16 heavy (non-hydrogen) atoms. The van der Waals surface area contributed by atoms with E-state index >= 15 is 0 Å². The van der Waals surface area contributed by atoms with Gasteiger partial charge in [0.05, 0.1) is 5.02 Å². The Kier molecular flexibility index (Phi) is 3.16. The molecule has 0 aromatic heterocycles. The first-order chi connectivity index (χ1) is 7.66. The third-order valence-electron chi connectivity index (χ3n) is 2.40. The molecule has 2 heteroatoms. The lowest BCUT2D eigenvalue weighted by molar-refractivity contribution is 0.479. The maximum absolute atomic E-state index is 6.07. The first kappa shape index (κ1) is 11.0. The minimum Gasteiger partial charge on any atom is -0.456 e. The average molecular weight is 233 g/mol. The van der Waals surface area contributed by atoms with Crippen LogP contribution in [0.25, 0.3) is 0 Å². The first-order valence-electron chi connectivity index (χ1n) is 5.16. The monoisotopic (exact) mass is 232 g/mol. The third kappa shape index (κ3) is 2.37. The van der Waals surface area contributed by atoms with Crippen molar-refractivity contribution in [2.75, 3.05) is 0 Å². The van der Waals surface area contributed by atoms with Gasteiger partial charge in [0.1, 0.15) is 11.5 Å². The summed E-state index contributed by atoms with van der Waals surface area (Å²) in [5.74, 6) is 1.55. The molecule has 0 radical (unpaired) electrons. The van der Waals surface area contributed by atoms with E-state index < -0.39 is 0 Å². The zero-order valence-corrected chi connectivity index (χ0v) is 10.1. The highest BCUT2D eigenvalue weighted by molar-refractivity contribution is 6.32. The second-order valence-electron chi connectivity index (χ2n) is 3.80. The van der Waals surface area contributed by atoms with Crippen LogP contribution in [0.1, 0.15) is 11.1 Å². The summed E-state index contributed by atoms with van der Waals surface area (Å²) in [6, 6.07) is 13.6. The quantitative estimate of drug-likeness (QED) is 0.726. The molecule has 0 saturated carbocycles. The van der Waals surface area contributed by atoms with Crippen LogP contribution in [0.15, 0.2) is 42.5 Å². The molecule has 0 aliphatic heterocycles. The van der Waals surface area contributed by atoms with Gasteiger partial charge in [-0.15, -0.1) is 0 Å². The van der Waals surface area contributed by atoms with E-state index in [1.807, 2.05) is 56.3 Å². The van der Waals surface area contributed by atoms with Crippen LogP contribution < -0.4 is 4.74 Å². The smallest absolute Gasteiger partial charge is 0.146 e. The lowest BCUT2D eigenvalue weighted by Crippen LogP contribution is -1.88. The van der Waals surface area contributed by atoms with E-state index in [0.717, 1.165) is 16.9 Å². The van der Waals surface area contributed by atoms with Crippen molar-refractivity contribution in [2.24, 2.45) is 0 Å². The number of ether oxygens (including phenoxy) is 1. The molecule has 1 nitrogen and oxygen atoms in total. The fourth-order valence-corrected chi connectivity index (χ4v) is 1.63. The molecule has 0 bridgehead atoms. The molecule has 2 rings (SSSR count). The lowest BCUT2D eigenvalue weighted by Gasteiger charge is -2.10. The van der Waals surface area contributed by atoms with Crippen LogP contribution in [0.3, 0.4) is 0 Å². The molecule has 0 aliphatic carbocycles. The molecule has 0 spiro atoms. The van der Waals surface area contributed by atoms with Gasteiger partial charge >= 0.3 is 0 Å². The van der Waals surface area contributed by atoms with E-state index in [1.54, 1.807) is 0 Å². The zero-order chi connectivity index (χ0) is 11.5. The molecular formula is C14H13ClO. The molecule has 0 fully saturated rings. The highest BCUT2D eigenvalue weighted by atomic mass is 35.5. The van der Waals surface area contributed by atoms with Crippen LogP contribution in [0.4, 0.5) is 0 Å². The van der Waals surface area contributed by atoms with E-state index in [1.165, 1.54) is 0 Å². The van der Waals surface area contributed by atoms with Gasteiger partial charge in [0.25, 0.3) is 0 Å². The molecule has 0 saturated heterocycles. The van der Waals surface area contributed by atoms with Gasteiger partial charge in [0, 0.05) is 0 Å². The SMILES string of the molecule is Cc1ccc(Cl)c(Oc2ccccc2C)c1. The fraction of sp³-hybridized carbons (Fsp3) is 0.143. The van der Waals surface area contributed by atoms with E-state index in [0.29, 0.717) is 10.8 Å². The molecule has 0 unspecified atom stereocenters. The Bertz CT molecular complexity index is 506. The minimum atomic E-state index is 0.633. The molecule has 0 amide bonds. The summed E-state index contributed by atoms with van der Waals surface area (Å²) in [7, 11) is 0. The highest BCUT2D eigenvalue weighted by Gasteiger charge is 2.04. The zero-order valence-electron chi connectivity index (χ0n) is 9.33. The molecule has 0 atom stereocenters. The van der Waals surface area contributed by atoms with Crippen LogP contribution in [-0.4, -0.2) is 0 Å². The van der Waals surface area contributed by atoms with Crippen LogP contribution in [0.2, 0.25) is 5.02 Å². The predicted octanol–water partition coefficient (Wildman–Crippen LogP) is 4.75. The molecule has 0 heterocycles. The Hall–Kier alpha value is -1.47. The Morgan fingerprint density at radius 2 is 1.69 bits per heavy atom. The summed E-state index contributed by atoms with van der Waals surface area (Å²) in [6.45, 7) is 4.03. The Morgan fingerprint density at radius 1 is 0.938 bits per heavy atom. The predicted molar refractivity (Wildman–Crippen MR) is 67.4 cm³/mol. The number of aryl methyl sites for hydroxylation is 2. The third-order valence-corrected chi connectivity index (χ3v) is 2.71. The number of para-hydroxylation sites is 1. The van der Waals surface area contributed by atoms with Gasteiger partial charge in [0.15, 0.2) is 0 Å². The van der Waals surface area contributed by atoms with Gasteiger partial charge in [0.2, 0.25) is 0 Å². The molecular weight excluding hydrogens is 220 g/mol. The maximum Gasteiger partial charge on any atom is 0.146 e. The summed E-state index contributed by atoms with van der Waals surface area (Å²) >= 11 is 6.07. The van der Waals surface area contributed by atoms with Gasteiger partial charge in [-0.25, -0.2) is 0 Å². The topological polar surface area (TPSA) is 9.23 Å². The van der Waals surface area contributed by atoms with Crippen molar-refractivity contribution >= 4 is 11.6 Å². The summed E-state index contributed by atoms with van der Waals surface area (Å²) in [4.78, 5) is 0. The van der Waals surface area contributed by atoms with Gasteiger partial charge in [-0.2, -0.15) is 0 Å². The van der Waals surface area contributed by atoms with Crippen molar-refractivity contribution in [1.29, 1.82) is 0 Å². The van der Waals surface area contributed by atoms with Crippen molar-refractivity contribution in [1.82, 2.24) is 0 Å². The van der Waals surface area contributed by atoms with Crippen molar-refractivity contribution < 1.29 is 4.74 Å². The second-order valence-corrected chi connectivity index (χ2v) is 4.21. The first-order valence-corrected chi connectivity index (χ1v) is 5.54. The van der Waals surface area contributed by atoms with Gasteiger partial charge in [-0.1, -0.05) is 35.9 Å². The molecule has 2 aromatic carbocycles. The number of hydrogen-bond acceptors (Lipinski definition) is 1. The normalized spacial score (nSPS) is 10.2. The van der Waals surface area contributed by atoms with Gasteiger partial charge < -0.3 is 4.74 Å². The van der Waals surface area contributed by atoms with Crippen LogP contribution in [-0.2, 0) is 0 Å². The Morgan fingerprint density at radius 3 is 2.44 bits per heavy atom. The minimum absolute atomic E-state index is 0.633. The lowest BCUT2D eigenvalue weighted by atomic mass is 10.2.